The van der Waals surface area contributed by atoms with Gasteiger partial charge in [-0.3, -0.25) is 5.10 Å². The van der Waals surface area contributed by atoms with Crippen LogP contribution >= 0.6 is 0 Å². The van der Waals surface area contributed by atoms with Crippen LogP contribution < -0.4 is 9.47 Å². The Kier molecular flexibility index (Phi) is 4.24. The van der Waals surface area contributed by atoms with Crippen molar-refractivity contribution >= 4 is 5.97 Å². The summed E-state index contributed by atoms with van der Waals surface area (Å²) in [6.07, 6.45) is 0. The Morgan fingerprint density at radius 1 is 1.30 bits per heavy atom. The Balaban J connectivity index is 2.40. The maximum Gasteiger partial charge on any atom is 0.356 e. The quantitative estimate of drug-likeness (QED) is 0.848. The number of benzene rings is 1. The molecule has 106 valence electrons. The van der Waals surface area contributed by atoms with Crippen LogP contribution in [-0.4, -0.2) is 37.0 Å². The number of H-pyrrole nitrogens is 1. The highest BCUT2D eigenvalue weighted by Gasteiger charge is 2.14. The molecule has 0 aliphatic carbocycles. The Bertz CT molecular complexity index is 607. The molecule has 0 aliphatic rings. The lowest BCUT2D eigenvalue weighted by Crippen LogP contribution is -2.00. The average molecular weight is 276 g/mol. The van der Waals surface area contributed by atoms with Crippen molar-refractivity contribution in [2.75, 3.05) is 20.8 Å². The molecule has 1 aromatic heterocycles. The summed E-state index contributed by atoms with van der Waals surface area (Å²) in [5.41, 5.74) is 1.68. The summed E-state index contributed by atoms with van der Waals surface area (Å²) in [6, 6.07) is 7.05. The summed E-state index contributed by atoms with van der Waals surface area (Å²) < 4.78 is 15.4. The molecule has 6 heteroatoms. The minimum absolute atomic E-state index is 0.292. The van der Waals surface area contributed by atoms with Gasteiger partial charge in [-0.25, -0.2) is 4.79 Å². The molecule has 0 saturated carbocycles. The molecule has 0 radical (unpaired) electrons. The lowest BCUT2D eigenvalue weighted by Gasteiger charge is -2.10. The van der Waals surface area contributed by atoms with Gasteiger partial charge in [-0.15, -0.1) is 0 Å². The number of nitrogens with zero attached hydrogens (tertiary/aromatic N) is 1. The van der Waals surface area contributed by atoms with Crippen molar-refractivity contribution in [2.24, 2.45) is 0 Å². The fourth-order valence-corrected chi connectivity index (χ4v) is 1.79. The van der Waals surface area contributed by atoms with Gasteiger partial charge < -0.3 is 14.2 Å². The van der Waals surface area contributed by atoms with Crippen molar-refractivity contribution in [3.63, 3.8) is 0 Å². The third kappa shape index (κ3) is 2.74. The van der Waals surface area contributed by atoms with Gasteiger partial charge in [-0.2, -0.15) is 5.10 Å². The molecule has 1 N–H and O–H groups in total. The summed E-state index contributed by atoms with van der Waals surface area (Å²) in [6.45, 7) is 2.42. The number of ether oxygens (including phenoxy) is 3. The van der Waals surface area contributed by atoms with E-state index >= 15 is 0 Å². The van der Waals surface area contributed by atoms with Gasteiger partial charge in [0.1, 0.15) is 17.2 Å². The van der Waals surface area contributed by atoms with Gasteiger partial charge in [0.2, 0.25) is 0 Å². The van der Waals surface area contributed by atoms with Crippen LogP contribution in [0.1, 0.15) is 17.4 Å². The first-order valence-corrected chi connectivity index (χ1v) is 6.14. The van der Waals surface area contributed by atoms with E-state index in [9.17, 15) is 4.79 Å². The van der Waals surface area contributed by atoms with E-state index in [1.807, 2.05) is 19.1 Å². The summed E-state index contributed by atoms with van der Waals surface area (Å²) in [4.78, 5) is 11.4. The normalized spacial score (nSPS) is 10.2. The van der Waals surface area contributed by atoms with E-state index in [1.54, 1.807) is 19.2 Å². The van der Waals surface area contributed by atoms with Crippen LogP contribution in [0, 0.1) is 0 Å². The summed E-state index contributed by atoms with van der Waals surface area (Å²) in [5, 5.41) is 6.75. The number of nitrogens with one attached hydrogen (secondary N) is 1. The molecule has 2 aromatic rings. The highest BCUT2D eigenvalue weighted by molar-refractivity contribution is 5.88. The molecule has 1 heterocycles. The fraction of sp³-hybridized carbons (Fsp3) is 0.286. The highest BCUT2D eigenvalue weighted by Crippen LogP contribution is 2.32. The molecule has 2 rings (SSSR count). The second kappa shape index (κ2) is 6.10. The van der Waals surface area contributed by atoms with Gasteiger partial charge in [-0.05, 0) is 25.1 Å². The van der Waals surface area contributed by atoms with Crippen molar-refractivity contribution in [3.05, 3.63) is 30.0 Å². The van der Waals surface area contributed by atoms with Crippen LogP contribution in [0.5, 0.6) is 11.5 Å². The summed E-state index contributed by atoms with van der Waals surface area (Å²) >= 11 is 0. The van der Waals surface area contributed by atoms with Gasteiger partial charge in [0, 0.05) is 11.6 Å². The largest absolute Gasteiger partial charge is 0.497 e. The third-order valence-corrected chi connectivity index (χ3v) is 2.75. The third-order valence-electron chi connectivity index (χ3n) is 2.75. The van der Waals surface area contributed by atoms with Crippen molar-refractivity contribution < 1.29 is 19.0 Å². The highest BCUT2D eigenvalue weighted by atomic mass is 16.5. The molecule has 0 unspecified atom stereocenters. The first-order chi connectivity index (χ1) is 9.69. The first-order valence-electron chi connectivity index (χ1n) is 6.14. The lowest BCUT2D eigenvalue weighted by atomic mass is 10.1. The van der Waals surface area contributed by atoms with Gasteiger partial charge in [0.25, 0.3) is 0 Å². The van der Waals surface area contributed by atoms with E-state index in [4.69, 9.17) is 9.47 Å². The molecule has 0 bridgehead atoms. The predicted molar refractivity (Wildman–Crippen MR) is 73.1 cm³/mol. The number of rotatable bonds is 5. The van der Waals surface area contributed by atoms with Crippen LogP contribution in [-0.2, 0) is 4.74 Å². The van der Waals surface area contributed by atoms with Gasteiger partial charge in [0.15, 0.2) is 0 Å². The van der Waals surface area contributed by atoms with Crippen LogP contribution in [0.15, 0.2) is 24.3 Å². The minimum Gasteiger partial charge on any atom is -0.497 e. The summed E-state index contributed by atoms with van der Waals surface area (Å²) in [5.74, 6) is 0.880. The zero-order chi connectivity index (χ0) is 14.5. The average Bonchev–Trinajstić information content (AvgIpc) is 2.96. The molecule has 0 amide bonds. The molecular weight excluding hydrogens is 260 g/mol. The van der Waals surface area contributed by atoms with Crippen molar-refractivity contribution in [1.29, 1.82) is 0 Å². The lowest BCUT2D eigenvalue weighted by molar-refractivity contribution is 0.0594. The zero-order valence-corrected chi connectivity index (χ0v) is 11.6. The molecular formula is C14H16N2O4. The van der Waals surface area contributed by atoms with Gasteiger partial charge in [-0.1, -0.05) is 0 Å². The van der Waals surface area contributed by atoms with E-state index in [2.05, 4.69) is 14.9 Å². The number of aromatic nitrogens is 2. The second-order valence-electron chi connectivity index (χ2n) is 3.95. The van der Waals surface area contributed by atoms with E-state index in [0.717, 1.165) is 5.56 Å². The van der Waals surface area contributed by atoms with Crippen LogP contribution in [0.4, 0.5) is 0 Å². The maximum atomic E-state index is 11.4. The topological polar surface area (TPSA) is 73.4 Å². The van der Waals surface area contributed by atoms with Gasteiger partial charge >= 0.3 is 5.97 Å². The first kappa shape index (κ1) is 13.9. The van der Waals surface area contributed by atoms with Crippen LogP contribution in [0.2, 0.25) is 0 Å². The maximum absolute atomic E-state index is 11.4. The number of methoxy groups -OCH3 is 2. The Morgan fingerprint density at radius 3 is 2.75 bits per heavy atom. The second-order valence-corrected chi connectivity index (χ2v) is 3.95. The molecule has 0 aliphatic heterocycles. The Labute approximate surface area is 116 Å². The summed E-state index contributed by atoms with van der Waals surface area (Å²) in [7, 11) is 2.91. The molecule has 0 spiro atoms. The molecule has 6 nitrogen and oxygen atoms in total. The number of hydrogen-bond acceptors (Lipinski definition) is 5. The van der Waals surface area contributed by atoms with E-state index in [-0.39, 0.29) is 0 Å². The molecule has 1 aromatic carbocycles. The number of aromatic amines is 1. The SMILES string of the molecule is CCOc1cc(OC)ccc1-c1cc(C(=O)OC)[nH]n1. The monoisotopic (exact) mass is 276 g/mol. The van der Waals surface area contributed by atoms with E-state index in [1.165, 1.54) is 7.11 Å². The minimum atomic E-state index is -0.463. The van der Waals surface area contributed by atoms with E-state index in [0.29, 0.717) is 29.5 Å². The van der Waals surface area contributed by atoms with Crippen LogP contribution in [0.25, 0.3) is 11.3 Å². The number of carbonyl (C=O) groups is 1. The fourth-order valence-electron chi connectivity index (χ4n) is 1.79. The van der Waals surface area contributed by atoms with Crippen molar-refractivity contribution in [1.82, 2.24) is 10.2 Å². The Hall–Kier alpha value is -2.50. The zero-order valence-electron chi connectivity index (χ0n) is 11.6. The van der Waals surface area contributed by atoms with Crippen LogP contribution in [0.3, 0.4) is 0 Å². The standard InChI is InChI=1S/C14H16N2O4/c1-4-20-13-7-9(18-2)5-6-10(13)11-8-12(16-15-11)14(17)19-3/h5-8H,4H2,1-3H3,(H,15,16). The molecule has 0 atom stereocenters. The Morgan fingerprint density at radius 2 is 2.10 bits per heavy atom. The van der Waals surface area contributed by atoms with Crippen molar-refractivity contribution in [2.45, 2.75) is 6.92 Å². The molecule has 0 saturated heterocycles. The number of hydrogen-bond donors (Lipinski definition) is 1. The van der Waals surface area contributed by atoms with E-state index < -0.39 is 5.97 Å². The number of carbonyl (C=O) groups excluding carboxylic acids is 1. The van der Waals surface area contributed by atoms with Crippen molar-refractivity contribution in [3.8, 4) is 22.8 Å². The molecule has 20 heavy (non-hydrogen) atoms. The number of esters is 1. The van der Waals surface area contributed by atoms with Gasteiger partial charge in [0.05, 0.1) is 26.5 Å². The molecule has 0 fully saturated rings. The predicted octanol–water partition coefficient (Wildman–Crippen LogP) is 2.27. The smallest absolute Gasteiger partial charge is 0.356 e.